The molecule has 1 aliphatic rings. The van der Waals surface area contributed by atoms with Crippen LogP contribution in [0, 0.1) is 10.1 Å². The van der Waals surface area contributed by atoms with Crippen molar-refractivity contribution in [3.8, 4) is 0 Å². The number of benzene rings is 2. The number of nitrogens with one attached hydrogen (secondary N) is 1. The predicted octanol–water partition coefficient (Wildman–Crippen LogP) is 2.01. The van der Waals surface area contributed by atoms with Crippen LogP contribution in [0.15, 0.2) is 48.5 Å². The first-order valence-electron chi connectivity index (χ1n) is 6.83. The molecule has 0 bridgehead atoms. The van der Waals surface area contributed by atoms with Crippen molar-refractivity contribution in [3.05, 3.63) is 69.8 Å². The molecule has 3 rings (SSSR count). The number of nitro groups is 1. The molecule has 0 unspecified atom stereocenters. The Morgan fingerprint density at radius 1 is 1.17 bits per heavy atom. The van der Waals surface area contributed by atoms with Gasteiger partial charge in [-0.1, -0.05) is 30.3 Å². The van der Waals surface area contributed by atoms with E-state index in [0.717, 1.165) is 0 Å². The molecule has 7 heteroatoms. The second kappa shape index (κ2) is 5.29. The minimum Gasteiger partial charge on any atom is -0.375 e. The van der Waals surface area contributed by atoms with Crippen molar-refractivity contribution in [2.24, 2.45) is 0 Å². The van der Waals surface area contributed by atoms with E-state index in [-0.39, 0.29) is 16.8 Å². The molecular formula is C16H12N2O5. The van der Waals surface area contributed by atoms with Crippen LogP contribution in [0.2, 0.25) is 0 Å². The first kappa shape index (κ1) is 14.9. The topological polar surface area (TPSA) is 110 Å². The summed E-state index contributed by atoms with van der Waals surface area (Å²) in [7, 11) is 0. The summed E-state index contributed by atoms with van der Waals surface area (Å²) in [4.78, 5) is 34.9. The number of anilines is 1. The number of Topliss-reactive ketones (excluding diaryl/α,β-unsaturated/α-hetero) is 1. The molecule has 2 N–H and O–H groups in total. The molecule has 116 valence electrons. The van der Waals surface area contributed by atoms with E-state index >= 15 is 0 Å². The lowest BCUT2D eigenvalue weighted by Gasteiger charge is -2.19. The molecule has 0 saturated carbocycles. The van der Waals surface area contributed by atoms with Crippen LogP contribution in [0.4, 0.5) is 11.4 Å². The van der Waals surface area contributed by atoms with E-state index in [0.29, 0.717) is 5.69 Å². The van der Waals surface area contributed by atoms with Gasteiger partial charge in [0.1, 0.15) is 0 Å². The fraction of sp³-hybridized carbons (Fsp3) is 0.125. The molecule has 2 aromatic rings. The van der Waals surface area contributed by atoms with Crippen molar-refractivity contribution >= 4 is 23.1 Å². The Bertz CT molecular complexity index is 833. The number of ketones is 1. The van der Waals surface area contributed by atoms with Crippen molar-refractivity contribution in [1.29, 1.82) is 0 Å². The Balaban J connectivity index is 1.98. The molecule has 1 atom stereocenters. The molecule has 0 aliphatic carbocycles. The standard InChI is InChI=1S/C16H12N2O5/c19-14(10-5-1-4-8-13(10)18(22)23)9-16(21)11-6-2-3-7-12(11)17-15(16)20/h1-8,21H,9H2,(H,17,20)/t16-/m0/s1. The fourth-order valence-electron chi connectivity index (χ4n) is 2.67. The molecule has 1 aliphatic heterocycles. The Hall–Kier alpha value is -3.06. The molecule has 0 saturated heterocycles. The molecule has 0 fully saturated rings. The molecule has 2 aromatic carbocycles. The normalized spacial score (nSPS) is 19.1. The predicted molar refractivity (Wildman–Crippen MR) is 81.0 cm³/mol. The SMILES string of the molecule is O=C(C[C@@]1(O)C(=O)Nc2ccccc21)c1ccccc1[N+](=O)[O-]. The van der Waals surface area contributed by atoms with Crippen molar-refractivity contribution in [2.45, 2.75) is 12.0 Å². The first-order chi connectivity index (χ1) is 10.9. The number of nitro benzene ring substituents is 1. The maximum atomic E-state index is 12.4. The molecule has 23 heavy (non-hydrogen) atoms. The zero-order valence-electron chi connectivity index (χ0n) is 11.9. The van der Waals surface area contributed by atoms with Gasteiger partial charge in [0.25, 0.3) is 11.6 Å². The maximum Gasteiger partial charge on any atom is 0.280 e. The van der Waals surface area contributed by atoms with Gasteiger partial charge in [-0.05, 0) is 12.1 Å². The molecule has 0 aromatic heterocycles. The zero-order chi connectivity index (χ0) is 16.6. The van der Waals surface area contributed by atoms with Crippen LogP contribution in [0.5, 0.6) is 0 Å². The van der Waals surface area contributed by atoms with Crippen LogP contribution in [0.3, 0.4) is 0 Å². The van der Waals surface area contributed by atoms with Gasteiger partial charge in [-0.2, -0.15) is 0 Å². The monoisotopic (exact) mass is 312 g/mol. The van der Waals surface area contributed by atoms with E-state index in [1.807, 2.05) is 0 Å². The van der Waals surface area contributed by atoms with Crippen LogP contribution in [-0.2, 0) is 10.4 Å². The summed E-state index contributed by atoms with van der Waals surface area (Å²) in [5, 5.41) is 24.2. The molecule has 0 spiro atoms. The molecule has 7 nitrogen and oxygen atoms in total. The van der Waals surface area contributed by atoms with Gasteiger partial charge >= 0.3 is 0 Å². The lowest BCUT2D eigenvalue weighted by molar-refractivity contribution is -0.385. The van der Waals surface area contributed by atoms with Gasteiger partial charge in [-0.15, -0.1) is 0 Å². The number of nitrogens with zero attached hydrogens (tertiary/aromatic N) is 1. The largest absolute Gasteiger partial charge is 0.375 e. The second-order valence-corrected chi connectivity index (χ2v) is 5.23. The highest BCUT2D eigenvalue weighted by Crippen LogP contribution is 2.39. The number of aliphatic hydroxyl groups is 1. The summed E-state index contributed by atoms with van der Waals surface area (Å²) in [6, 6.07) is 11.9. The minimum absolute atomic E-state index is 0.136. The Morgan fingerprint density at radius 3 is 2.57 bits per heavy atom. The summed E-state index contributed by atoms with van der Waals surface area (Å²) in [5.41, 5.74) is -1.81. The highest BCUT2D eigenvalue weighted by atomic mass is 16.6. The van der Waals surface area contributed by atoms with Gasteiger partial charge in [0, 0.05) is 17.3 Å². The lowest BCUT2D eigenvalue weighted by Crippen LogP contribution is -2.36. The van der Waals surface area contributed by atoms with Crippen LogP contribution in [-0.4, -0.2) is 21.7 Å². The van der Waals surface area contributed by atoms with E-state index in [4.69, 9.17) is 0 Å². The Labute approximate surface area is 130 Å². The molecule has 1 heterocycles. The van der Waals surface area contributed by atoms with Gasteiger partial charge in [-0.3, -0.25) is 19.7 Å². The number of rotatable bonds is 4. The highest BCUT2D eigenvalue weighted by Gasteiger charge is 2.47. The van der Waals surface area contributed by atoms with Crippen molar-refractivity contribution in [3.63, 3.8) is 0 Å². The van der Waals surface area contributed by atoms with Crippen molar-refractivity contribution < 1.29 is 19.6 Å². The third-order valence-corrected chi connectivity index (χ3v) is 3.81. The average molecular weight is 312 g/mol. The third-order valence-electron chi connectivity index (χ3n) is 3.81. The van der Waals surface area contributed by atoms with Crippen LogP contribution in [0.25, 0.3) is 0 Å². The van der Waals surface area contributed by atoms with Crippen LogP contribution < -0.4 is 5.32 Å². The quantitative estimate of drug-likeness (QED) is 0.510. The maximum absolute atomic E-state index is 12.4. The summed E-state index contributed by atoms with van der Waals surface area (Å²) in [6.07, 6.45) is -0.569. The number of carbonyl (C=O) groups excluding carboxylic acids is 2. The summed E-state index contributed by atoms with van der Waals surface area (Å²) in [5.74, 6) is -1.39. The number of hydrogen-bond donors (Lipinski definition) is 2. The highest BCUT2D eigenvalue weighted by molar-refractivity contribution is 6.10. The molecule has 0 radical (unpaired) electrons. The number of amides is 1. The van der Waals surface area contributed by atoms with E-state index < -0.39 is 28.6 Å². The van der Waals surface area contributed by atoms with Crippen molar-refractivity contribution in [2.75, 3.05) is 5.32 Å². The van der Waals surface area contributed by atoms with Gasteiger partial charge in [0.05, 0.1) is 16.9 Å². The Morgan fingerprint density at radius 2 is 1.83 bits per heavy atom. The smallest absolute Gasteiger partial charge is 0.280 e. The third kappa shape index (κ3) is 2.36. The number of fused-ring (bicyclic) bond motifs is 1. The Kier molecular flexibility index (Phi) is 3.42. The average Bonchev–Trinajstić information content (AvgIpc) is 2.78. The van der Waals surface area contributed by atoms with E-state index in [1.54, 1.807) is 24.3 Å². The van der Waals surface area contributed by atoms with Crippen LogP contribution >= 0.6 is 0 Å². The molecular weight excluding hydrogens is 300 g/mol. The van der Waals surface area contributed by atoms with E-state index in [2.05, 4.69) is 5.32 Å². The number of para-hydroxylation sites is 2. The number of hydrogen-bond acceptors (Lipinski definition) is 5. The second-order valence-electron chi connectivity index (χ2n) is 5.23. The van der Waals surface area contributed by atoms with E-state index in [1.165, 1.54) is 24.3 Å². The summed E-state index contributed by atoms with van der Waals surface area (Å²) in [6.45, 7) is 0. The van der Waals surface area contributed by atoms with Gasteiger partial charge < -0.3 is 10.4 Å². The first-order valence-corrected chi connectivity index (χ1v) is 6.83. The number of carbonyl (C=O) groups is 2. The minimum atomic E-state index is -2.03. The van der Waals surface area contributed by atoms with Gasteiger partial charge in [0.2, 0.25) is 0 Å². The lowest BCUT2D eigenvalue weighted by atomic mass is 9.88. The molecule has 1 amide bonds. The van der Waals surface area contributed by atoms with Gasteiger partial charge in [0.15, 0.2) is 11.4 Å². The summed E-state index contributed by atoms with van der Waals surface area (Å²) >= 11 is 0. The summed E-state index contributed by atoms with van der Waals surface area (Å²) < 4.78 is 0. The van der Waals surface area contributed by atoms with Crippen LogP contribution in [0.1, 0.15) is 22.3 Å². The van der Waals surface area contributed by atoms with Crippen molar-refractivity contribution in [1.82, 2.24) is 0 Å². The zero-order valence-corrected chi connectivity index (χ0v) is 11.9. The fourth-order valence-corrected chi connectivity index (χ4v) is 2.67. The van der Waals surface area contributed by atoms with E-state index in [9.17, 15) is 24.8 Å². The van der Waals surface area contributed by atoms with Gasteiger partial charge in [-0.25, -0.2) is 0 Å².